The summed E-state index contributed by atoms with van der Waals surface area (Å²) in [5.41, 5.74) is 0. The lowest BCUT2D eigenvalue weighted by Gasteiger charge is -2.26. The summed E-state index contributed by atoms with van der Waals surface area (Å²) in [6.45, 7) is 9.78. The molecule has 0 aromatic carbocycles. The lowest BCUT2D eigenvalue weighted by atomic mass is 10.0. The molecule has 1 heterocycles. The van der Waals surface area contributed by atoms with Gasteiger partial charge in [0, 0.05) is 11.9 Å². The largest absolute Gasteiger partial charge is 0.550 e. The SMILES string of the molecule is CC(=O)[O-].CC[NH+]1CCCC(C)C1. The summed E-state index contributed by atoms with van der Waals surface area (Å²) in [5, 5.41) is 8.89. The van der Waals surface area contributed by atoms with Gasteiger partial charge in [0.25, 0.3) is 0 Å². The van der Waals surface area contributed by atoms with Crippen molar-refractivity contribution in [3.8, 4) is 0 Å². The van der Waals surface area contributed by atoms with E-state index in [1.807, 2.05) is 0 Å². The molecule has 1 N–H and O–H groups in total. The van der Waals surface area contributed by atoms with Crippen LogP contribution in [0.3, 0.4) is 0 Å². The molecule has 0 bridgehead atoms. The van der Waals surface area contributed by atoms with Gasteiger partial charge in [-0.05, 0) is 26.7 Å². The van der Waals surface area contributed by atoms with Crippen molar-refractivity contribution in [3.63, 3.8) is 0 Å². The van der Waals surface area contributed by atoms with Crippen LogP contribution < -0.4 is 10.0 Å². The number of carboxylic acids is 1. The van der Waals surface area contributed by atoms with Crippen molar-refractivity contribution < 1.29 is 14.8 Å². The fraction of sp³-hybridized carbons (Fsp3) is 0.900. The van der Waals surface area contributed by atoms with E-state index in [0.717, 1.165) is 12.8 Å². The first-order valence-electron chi connectivity index (χ1n) is 5.07. The van der Waals surface area contributed by atoms with Gasteiger partial charge in [-0.3, -0.25) is 0 Å². The number of carbonyl (C=O) groups is 1. The molecule has 2 atom stereocenters. The highest BCUT2D eigenvalue weighted by Crippen LogP contribution is 2.04. The lowest BCUT2D eigenvalue weighted by molar-refractivity contribution is -0.906. The summed E-state index contributed by atoms with van der Waals surface area (Å²) in [5.74, 6) is -0.103. The van der Waals surface area contributed by atoms with E-state index in [0.29, 0.717) is 0 Å². The normalized spacial score (nSPS) is 27.3. The Bertz CT molecular complexity index is 144. The molecule has 3 heteroatoms. The molecule has 1 rings (SSSR count). The summed E-state index contributed by atoms with van der Waals surface area (Å²) < 4.78 is 0. The summed E-state index contributed by atoms with van der Waals surface area (Å²) in [7, 11) is 0. The first kappa shape index (κ1) is 12.4. The Hall–Kier alpha value is -0.570. The van der Waals surface area contributed by atoms with E-state index in [2.05, 4.69) is 13.8 Å². The Balaban J connectivity index is 0.000000310. The predicted molar refractivity (Wildman–Crippen MR) is 50.3 cm³/mol. The summed E-state index contributed by atoms with van der Waals surface area (Å²) in [4.78, 5) is 10.7. The Kier molecular flexibility index (Phi) is 6.59. The number of rotatable bonds is 1. The van der Waals surface area contributed by atoms with Crippen LogP contribution in [0.5, 0.6) is 0 Å². The van der Waals surface area contributed by atoms with Crippen molar-refractivity contribution in [2.75, 3.05) is 19.6 Å². The molecule has 0 spiro atoms. The topological polar surface area (TPSA) is 44.6 Å². The maximum absolute atomic E-state index is 8.89. The molecule has 0 amide bonds. The van der Waals surface area contributed by atoms with Gasteiger partial charge in [-0.15, -0.1) is 0 Å². The zero-order chi connectivity index (χ0) is 10.3. The van der Waals surface area contributed by atoms with Crippen molar-refractivity contribution in [3.05, 3.63) is 0 Å². The minimum absolute atomic E-state index is 0.972. The lowest BCUT2D eigenvalue weighted by Crippen LogP contribution is -3.13. The zero-order valence-electron chi connectivity index (χ0n) is 8.93. The molecule has 1 saturated heterocycles. The Morgan fingerprint density at radius 3 is 2.46 bits per heavy atom. The highest BCUT2D eigenvalue weighted by atomic mass is 16.4. The van der Waals surface area contributed by atoms with Crippen molar-refractivity contribution in [1.29, 1.82) is 0 Å². The molecule has 78 valence electrons. The maximum Gasteiger partial charge on any atom is 0.0796 e. The molecule has 3 nitrogen and oxygen atoms in total. The van der Waals surface area contributed by atoms with Crippen LogP contribution in [0.1, 0.15) is 33.6 Å². The summed E-state index contributed by atoms with van der Waals surface area (Å²) >= 11 is 0. The van der Waals surface area contributed by atoms with Crippen LogP contribution in [0.15, 0.2) is 0 Å². The van der Waals surface area contributed by atoms with Gasteiger partial charge in [0.05, 0.1) is 19.6 Å². The number of piperidine rings is 1. The Morgan fingerprint density at radius 2 is 2.15 bits per heavy atom. The first-order chi connectivity index (χ1) is 6.06. The van der Waals surface area contributed by atoms with Crippen molar-refractivity contribution >= 4 is 5.97 Å². The average Bonchev–Trinajstić information content (AvgIpc) is 2.03. The van der Waals surface area contributed by atoms with Gasteiger partial charge in [-0.2, -0.15) is 0 Å². The quantitative estimate of drug-likeness (QED) is 0.577. The fourth-order valence-corrected chi connectivity index (χ4v) is 1.72. The number of hydrogen-bond acceptors (Lipinski definition) is 2. The fourth-order valence-electron chi connectivity index (χ4n) is 1.72. The van der Waals surface area contributed by atoms with E-state index < -0.39 is 5.97 Å². The number of carboxylic acid groups (broad SMARTS) is 1. The standard InChI is InChI=1S/C8H17N.C2H4O2/c1-3-9-6-4-5-8(2)7-9;1-2(3)4/h8H,3-7H2,1-2H3;1H3,(H,3,4). The smallest absolute Gasteiger partial charge is 0.0796 e. The van der Waals surface area contributed by atoms with E-state index in [4.69, 9.17) is 9.90 Å². The highest BCUT2D eigenvalue weighted by molar-refractivity contribution is 5.60. The van der Waals surface area contributed by atoms with E-state index in [-0.39, 0.29) is 0 Å². The molecule has 1 aliphatic heterocycles. The second-order valence-corrected chi connectivity index (χ2v) is 3.80. The zero-order valence-corrected chi connectivity index (χ0v) is 8.93. The second-order valence-electron chi connectivity index (χ2n) is 3.80. The molecular weight excluding hydrogens is 166 g/mol. The number of aliphatic carboxylic acids is 1. The van der Waals surface area contributed by atoms with Crippen molar-refractivity contribution in [1.82, 2.24) is 0 Å². The third-order valence-electron chi connectivity index (χ3n) is 2.36. The number of quaternary nitrogens is 1. The van der Waals surface area contributed by atoms with E-state index in [1.54, 1.807) is 4.90 Å². The van der Waals surface area contributed by atoms with Crippen LogP contribution in [0.4, 0.5) is 0 Å². The third kappa shape index (κ3) is 7.78. The van der Waals surface area contributed by atoms with Gasteiger partial charge in [0.15, 0.2) is 0 Å². The minimum atomic E-state index is -1.08. The molecule has 0 radical (unpaired) electrons. The van der Waals surface area contributed by atoms with E-state index in [9.17, 15) is 0 Å². The van der Waals surface area contributed by atoms with Crippen molar-refractivity contribution in [2.45, 2.75) is 33.6 Å². The highest BCUT2D eigenvalue weighted by Gasteiger charge is 2.16. The molecule has 0 aromatic heterocycles. The van der Waals surface area contributed by atoms with Gasteiger partial charge < -0.3 is 14.8 Å². The number of carbonyl (C=O) groups excluding carboxylic acids is 1. The van der Waals surface area contributed by atoms with Gasteiger partial charge in [-0.25, -0.2) is 0 Å². The van der Waals surface area contributed by atoms with Crippen LogP contribution in [-0.4, -0.2) is 25.6 Å². The molecule has 0 saturated carbocycles. The molecule has 2 unspecified atom stereocenters. The molecule has 13 heavy (non-hydrogen) atoms. The van der Waals surface area contributed by atoms with Crippen LogP contribution in [0.25, 0.3) is 0 Å². The second kappa shape index (κ2) is 6.89. The first-order valence-corrected chi connectivity index (χ1v) is 5.07. The van der Waals surface area contributed by atoms with Crippen LogP contribution in [0.2, 0.25) is 0 Å². The predicted octanol–water partition coefficient (Wildman–Crippen LogP) is -0.923. The van der Waals surface area contributed by atoms with Crippen LogP contribution in [-0.2, 0) is 4.79 Å². The number of likely N-dealkylation sites (tertiary alicyclic amines) is 1. The van der Waals surface area contributed by atoms with Gasteiger partial charge in [0.2, 0.25) is 0 Å². The minimum Gasteiger partial charge on any atom is -0.550 e. The molecule has 1 aliphatic rings. The Labute approximate surface area is 80.7 Å². The van der Waals surface area contributed by atoms with E-state index >= 15 is 0 Å². The monoisotopic (exact) mass is 187 g/mol. The van der Waals surface area contributed by atoms with E-state index in [1.165, 1.54) is 32.5 Å². The number of hydrogen-bond donors (Lipinski definition) is 1. The maximum atomic E-state index is 8.89. The third-order valence-corrected chi connectivity index (χ3v) is 2.36. The number of nitrogens with one attached hydrogen (secondary N) is 1. The summed E-state index contributed by atoms with van der Waals surface area (Å²) in [6, 6.07) is 0. The van der Waals surface area contributed by atoms with Gasteiger partial charge >= 0.3 is 0 Å². The molecule has 1 fully saturated rings. The van der Waals surface area contributed by atoms with Crippen LogP contribution >= 0.6 is 0 Å². The summed E-state index contributed by atoms with van der Waals surface area (Å²) in [6.07, 6.45) is 2.91. The van der Waals surface area contributed by atoms with Crippen molar-refractivity contribution in [2.24, 2.45) is 5.92 Å². The molecule has 0 aromatic rings. The average molecular weight is 187 g/mol. The van der Waals surface area contributed by atoms with Gasteiger partial charge in [-0.1, -0.05) is 6.92 Å². The van der Waals surface area contributed by atoms with Gasteiger partial charge in [0.1, 0.15) is 0 Å². The van der Waals surface area contributed by atoms with Crippen LogP contribution in [0, 0.1) is 5.92 Å². The Morgan fingerprint density at radius 1 is 1.62 bits per heavy atom. The molecular formula is C10H21NO2. The molecule has 0 aliphatic carbocycles.